The van der Waals surface area contributed by atoms with Crippen molar-refractivity contribution in [1.82, 2.24) is 0 Å². The first-order chi connectivity index (χ1) is 6.64. The zero-order chi connectivity index (χ0) is 10.4. The summed E-state index contributed by atoms with van der Waals surface area (Å²) in [6.45, 7) is 7.52. The van der Waals surface area contributed by atoms with E-state index in [9.17, 15) is 0 Å². The molecule has 0 radical (unpaired) electrons. The van der Waals surface area contributed by atoms with Crippen LogP contribution in [0.3, 0.4) is 0 Å². The van der Waals surface area contributed by atoms with E-state index in [0.717, 1.165) is 13.0 Å². The van der Waals surface area contributed by atoms with Crippen LogP contribution in [0.25, 0.3) is 0 Å². The Morgan fingerprint density at radius 3 is 2.36 bits per heavy atom. The highest BCUT2D eigenvalue weighted by Crippen LogP contribution is 2.15. The van der Waals surface area contributed by atoms with Gasteiger partial charge in [0.2, 0.25) is 0 Å². The molecule has 14 heavy (non-hydrogen) atoms. The summed E-state index contributed by atoms with van der Waals surface area (Å²) in [5.41, 5.74) is 1.42. The van der Waals surface area contributed by atoms with Crippen LogP contribution in [0.2, 0.25) is 19.1 Å². The Morgan fingerprint density at radius 2 is 1.79 bits per heavy atom. The van der Waals surface area contributed by atoms with E-state index in [2.05, 4.69) is 50.3 Å². The van der Waals surface area contributed by atoms with Crippen LogP contribution in [0.1, 0.15) is 12.5 Å². The fourth-order valence-electron chi connectivity index (χ4n) is 1.55. The molecule has 0 atom stereocenters. The predicted octanol–water partition coefficient (Wildman–Crippen LogP) is 3.47. The molecular weight excluding hydrogens is 188 g/mol. The van der Waals surface area contributed by atoms with Gasteiger partial charge in [-0.2, -0.15) is 0 Å². The summed E-state index contributed by atoms with van der Waals surface area (Å²) in [7, 11) is -1.39. The molecule has 0 heterocycles. The molecule has 1 rings (SSSR count). The fourth-order valence-corrected chi connectivity index (χ4v) is 3.37. The summed E-state index contributed by atoms with van der Waals surface area (Å²) in [4.78, 5) is 0. The maximum atomic E-state index is 5.79. The Labute approximate surface area is 88.2 Å². The number of hydrogen-bond acceptors (Lipinski definition) is 1. The lowest BCUT2D eigenvalue weighted by Gasteiger charge is -2.21. The standard InChI is InChI=1S/C12H20OSi/c1-4-13-14(2,3)11-10-12-8-6-5-7-9-12/h5-9H,4,10-11H2,1-3H3. The first-order valence-electron chi connectivity index (χ1n) is 5.32. The highest BCUT2D eigenvalue weighted by atomic mass is 28.4. The second-order valence-corrected chi connectivity index (χ2v) is 8.49. The minimum Gasteiger partial charge on any atom is -0.418 e. The molecule has 0 aliphatic heterocycles. The molecule has 1 nitrogen and oxygen atoms in total. The summed E-state index contributed by atoms with van der Waals surface area (Å²) in [6, 6.07) is 11.9. The highest BCUT2D eigenvalue weighted by molar-refractivity contribution is 6.71. The van der Waals surface area contributed by atoms with Crippen molar-refractivity contribution in [2.45, 2.75) is 32.5 Å². The molecule has 0 aliphatic carbocycles. The van der Waals surface area contributed by atoms with Gasteiger partial charge in [-0.05, 0) is 38.0 Å². The highest BCUT2D eigenvalue weighted by Gasteiger charge is 2.20. The molecule has 0 fully saturated rings. The second-order valence-electron chi connectivity index (χ2n) is 4.18. The first kappa shape index (κ1) is 11.5. The van der Waals surface area contributed by atoms with E-state index in [-0.39, 0.29) is 0 Å². The van der Waals surface area contributed by atoms with Gasteiger partial charge < -0.3 is 4.43 Å². The van der Waals surface area contributed by atoms with Crippen molar-refractivity contribution in [3.8, 4) is 0 Å². The van der Waals surface area contributed by atoms with Gasteiger partial charge in [0.25, 0.3) is 0 Å². The van der Waals surface area contributed by atoms with Crippen LogP contribution in [0.4, 0.5) is 0 Å². The summed E-state index contributed by atoms with van der Waals surface area (Å²) in [5.74, 6) is 0. The summed E-state index contributed by atoms with van der Waals surface area (Å²) >= 11 is 0. The Hall–Kier alpha value is -0.603. The average molecular weight is 208 g/mol. The Bertz CT molecular complexity index is 256. The summed E-state index contributed by atoms with van der Waals surface area (Å²) < 4.78 is 5.79. The molecule has 0 saturated carbocycles. The molecule has 0 unspecified atom stereocenters. The Balaban J connectivity index is 2.40. The minimum absolute atomic E-state index is 0.855. The van der Waals surface area contributed by atoms with Crippen LogP contribution in [0, 0.1) is 0 Å². The van der Waals surface area contributed by atoms with E-state index >= 15 is 0 Å². The van der Waals surface area contributed by atoms with Crippen molar-refractivity contribution in [3.63, 3.8) is 0 Å². The molecule has 0 N–H and O–H groups in total. The van der Waals surface area contributed by atoms with Crippen LogP contribution in [-0.2, 0) is 10.8 Å². The van der Waals surface area contributed by atoms with Crippen molar-refractivity contribution in [2.75, 3.05) is 6.61 Å². The molecule has 2 heteroatoms. The van der Waals surface area contributed by atoms with Crippen LogP contribution >= 0.6 is 0 Å². The van der Waals surface area contributed by atoms with Gasteiger partial charge in [-0.15, -0.1) is 0 Å². The van der Waals surface area contributed by atoms with E-state index in [4.69, 9.17) is 4.43 Å². The third kappa shape index (κ3) is 4.07. The summed E-state index contributed by atoms with van der Waals surface area (Å²) in [6.07, 6.45) is 1.15. The van der Waals surface area contributed by atoms with E-state index in [1.165, 1.54) is 11.6 Å². The van der Waals surface area contributed by atoms with Crippen molar-refractivity contribution >= 4 is 8.32 Å². The smallest absolute Gasteiger partial charge is 0.187 e. The lowest BCUT2D eigenvalue weighted by Crippen LogP contribution is -2.30. The number of hydrogen-bond donors (Lipinski definition) is 0. The predicted molar refractivity (Wildman–Crippen MR) is 64.1 cm³/mol. The Morgan fingerprint density at radius 1 is 1.14 bits per heavy atom. The molecule has 0 aliphatic rings. The maximum absolute atomic E-state index is 5.79. The van der Waals surface area contributed by atoms with E-state index in [0.29, 0.717) is 0 Å². The van der Waals surface area contributed by atoms with Crippen LogP contribution < -0.4 is 0 Å². The third-order valence-corrected chi connectivity index (χ3v) is 4.92. The summed E-state index contributed by atoms with van der Waals surface area (Å²) in [5, 5.41) is 0. The van der Waals surface area contributed by atoms with E-state index in [1.807, 2.05) is 0 Å². The first-order valence-corrected chi connectivity index (χ1v) is 8.43. The third-order valence-electron chi connectivity index (χ3n) is 2.39. The minimum atomic E-state index is -1.39. The maximum Gasteiger partial charge on any atom is 0.187 e. The normalized spacial score (nSPS) is 11.6. The molecule has 0 bridgehead atoms. The van der Waals surface area contributed by atoms with Crippen molar-refractivity contribution in [3.05, 3.63) is 35.9 Å². The van der Waals surface area contributed by atoms with Crippen LogP contribution in [0.15, 0.2) is 30.3 Å². The van der Waals surface area contributed by atoms with Gasteiger partial charge in [0, 0.05) is 6.61 Å². The van der Waals surface area contributed by atoms with Gasteiger partial charge in [-0.3, -0.25) is 0 Å². The van der Waals surface area contributed by atoms with Gasteiger partial charge in [-0.1, -0.05) is 30.3 Å². The zero-order valence-corrected chi connectivity index (χ0v) is 10.4. The molecular formula is C12H20OSi. The molecule has 0 aromatic heterocycles. The topological polar surface area (TPSA) is 9.23 Å². The van der Waals surface area contributed by atoms with Gasteiger partial charge >= 0.3 is 0 Å². The lowest BCUT2D eigenvalue weighted by molar-refractivity contribution is 0.329. The van der Waals surface area contributed by atoms with Gasteiger partial charge in [0.15, 0.2) is 8.32 Å². The van der Waals surface area contributed by atoms with Gasteiger partial charge in [0.05, 0.1) is 0 Å². The quantitative estimate of drug-likeness (QED) is 0.673. The Kier molecular flexibility index (Phi) is 4.36. The largest absolute Gasteiger partial charge is 0.418 e. The van der Waals surface area contributed by atoms with Crippen molar-refractivity contribution in [2.24, 2.45) is 0 Å². The SMILES string of the molecule is CCO[Si](C)(C)CCc1ccccc1. The molecule has 78 valence electrons. The van der Waals surface area contributed by atoms with Gasteiger partial charge in [0.1, 0.15) is 0 Å². The molecule has 1 aromatic carbocycles. The van der Waals surface area contributed by atoms with Crippen molar-refractivity contribution < 1.29 is 4.43 Å². The van der Waals surface area contributed by atoms with Crippen LogP contribution in [-0.4, -0.2) is 14.9 Å². The zero-order valence-electron chi connectivity index (χ0n) is 9.42. The van der Waals surface area contributed by atoms with Crippen molar-refractivity contribution in [1.29, 1.82) is 0 Å². The molecule has 0 saturated heterocycles. The lowest BCUT2D eigenvalue weighted by atomic mass is 10.2. The number of rotatable bonds is 5. The average Bonchev–Trinajstić information content (AvgIpc) is 2.17. The van der Waals surface area contributed by atoms with Gasteiger partial charge in [-0.25, -0.2) is 0 Å². The second kappa shape index (κ2) is 5.32. The molecule has 0 spiro atoms. The number of benzene rings is 1. The van der Waals surface area contributed by atoms with E-state index in [1.54, 1.807) is 0 Å². The number of aryl methyl sites for hydroxylation is 1. The van der Waals surface area contributed by atoms with E-state index < -0.39 is 8.32 Å². The fraction of sp³-hybridized carbons (Fsp3) is 0.500. The van der Waals surface area contributed by atoms with Crippen LogP contribution in [0.5, 0.6) is 0 Å². The molecule has 0 amide bonds. The monoisotopic (exact) mass is 208 g/mol. The molecule has 1 aromatic rings.